The second kappa shape index (κ2) is 7.52. The Balaban J connectivity index is 1.60. The van der Waals surface area contributed by atoms with Gasteiger partial charge in [0.2, 0.25) is 5.91 Å². The van der Waals surface area contributed by atoms with Crippen molar-refractivity contribution in [3.05, 3.63) is 57.5 Å². The number of hydrogen-bond acceptors (Lipinski definition) is 2. The van der Waals surface area contributed by atoms with Gasteiger partial charge in [-0.25, -0.2) is 4.79 Å². The molecule has 0 bridgehead atoms. The van der Waals surface area contributed by atoms with Crippen molar-refractivity contribution in [3.8, 4) is 0 Å². The van der Waals surface area contributed by atoms with Crippen molar-refractivity contribution >= 4 is 58.1 Å². The van der Waals surface area contributed by atoms with Gasteiger partial charge in [0, 0.05) is 29.4 Å². The van der Waals surface area contributed by atoms with Crippen LogP contribution in [0.1, 0.15) is 6.42 Å². The van der Waals surface area contributed by atoms with Gasteiger partial charge in [0.25, 0.3) is 0 Å². The molecule has 0 spiro atoms. The van der Waals surface area contributed by atoms with Gasteiger partial charge in [0.15, 0.2) is 0 Å². The van der Waals surface area contributed by atoms with Crippen molar-refractivity contribution in [1.82, 2.24) is 5.32 Å². The first-order valence-corrected chi connectivity index (χ1v) is 8.64. The van der Waals surface area contributed by atoms with Crippen molar-refractivity contribution in [1.29, 1.82) is 0 Å². The lowest BCUT2D eigenvalue weighted by Crippen LogP contribution is -2.39. The molecule has 0 saturated carbocycles. The maximum absolute atomic E-state index is 12.2. The fourth-order valence-electron chi connectivity index (χ4n) is 2.60. The number of hydrogen-bond donors (Lipinski definition) is 2. The van der Waals surface area contributed by atoms with E-state index in [1.165, 1.54) is 0 Å². The van der Waals surface area contributed by atoms with Crippen molar-refractivity contribution in [2.75, 3.05) is 16.8 Å². The Morgan fingerprint density at radius 3 is 2.44 bits per heavy atom. The smallest absolute Gasteiger partial charge is 0.319 e. The molecule has 130 valence electrons. The number of anilines is 2. The quantitative estimate of drug-likeness (QED) is 0.795. The van der Waals surface area contributed by atoms with E-state index in [0.717, 1.165) is 5.69 Å². The van der Waals surface area contributed by atoms with Crippen LogP contribution in [0, 0.1) is 0 Å². The molecule has 0 aromatic heterocycles. The molecule has 0 aliphatic carbocycles. The van der Waals surface area contributed by atoms with Crippen LogP contribution in [0.2, 0.25) is 15.1 Å². The maximum atomic E-state index is 12.2. The standard InChI is InChI=1S/C17H14Cl3N3O2/c18-10-1-4-13(5-2-10)23-9-12(8-16(23)24)22-17(25)21-11-3-6-14(19)15(20)7-11/h1-7,12H,8-9H2,(H2,21,22,25)/t12-/m0/s1. The van der Waals surface area contributed by atoms with Crippen LogP contribution in [0.25, 0.3) is 0 Å². The second-order valence-electron chi connectivity index (χ2n) is 5.61. The molecule has 5 nitrogen and oxygen atoms in total. The van der Waals surface area contributed by atoms with E-state index in [-0.39, 0.29) is 18.4 Å². The van der Waals surface area contributed by atoms with E-state index in [9.17, 15) is 9.59 Å². The lowest BCUT2D eigenvalue weighted by Gasteiger charge is -2.17. The van der Waals surface area contributed by atoms with Crippen LogP contribution in [-0.4, -0.2) is 24.5 Å². The van der Waals surface area contributed by atoms with Crippen LogP contribution in [0.3, 0.4) is 0 Å². The highest BCUT2D eigenvalue weighted by Gasteiger charge is 2.31. The second-order valence-corrected chi connectivity index (χ2v) is 6.86. The zero-order valence-corrected chi connectivity index (χ0v) is 15.2. The number of amides is 3. The molecule has 3 rings (SSSR count). The van der Waals surface area contributed by atoms with Gasteiger partial charge < -0.3 is 15.5 Å². The normalized spacial score (nSPS) is 16.8. The fourth-order valence-corrected chi connectivity index (χ4v) is 3.03. The molecular weight excluding hydrogens is 385 g/mol. The number of halogens is 3. The van der Waals surface area contributed by atoms with E-state index in [1.54, 1.807) is 47.4 Å². The minimum Gasteiger partial charge on any atom is -0.333 e. The van der Waals surface area contributed by atoms with E-state index < -0.39 is 6.03 Å². The molecule has 2 aromatic carbocycles. The molecule has 8 heteroatoms. The number of carbonyl (C=O) groups is 2. The van der Waals surface area contributed by atoms with Gasteiger partial charge in [-0.3, -0.25) is 4.79 Å². The number of urea groups is 1. The topological polar surface area (TPSA) is 61.4 Å². The minimum absolute atomic E-state index is 0.0536. The summed E-state index contributed by atoms with van der Waals surface area (Å²) in [6.07, 6.45) is 0.234. The zero-order valence-electron chi connectivity index (χ0n) is 12.9. The summed E-state index contributed by atoms with van der Waals surface area (Å²) in [5, 5.41) is 6.83. The van der Waals surface area contributed by atoms with E-state index >= 15 is 0 Å². The SMILES string of the molecule is O=C(Nc1ccc(Cl)c(Cl)c1)N[C@H]1CC(=O)N(c2ccc(Cl)cc2)C1. The molecule has 0 unspecified atom stereocenters. The number of carbonyl (C=O) groups excluding carboxylic acids is 2. The largest absolute Gasteiger partial charge is 0.333 e. The third kappa shape index (κ3) is 4.37. The first-order valence-electron chi connectivity index (χ1n) is 7.51. The Morgan fingerprint density at radius 2 is 1.76 bits per heavy atom. The van der Waals surface area contributed by atoms with Gasteiger partial charge in [-0.15, -0.1) is 0 Å². The number of nitrogens with zero attached hydrogens (tertiary/aromatic N) is 1. The highest BCUT2D eigenvalue weighted by molar-refractivity contribution is 6.42. The molecule has 1 saturated heterocycles. The summed E-state index contributed by atoms with van der Waals surface area (Å²) in [4.78, 5) is 25.9. The lowest BCUT2D eigenvalue weighted by atomic mass is 10.2. The van der Waals surface area contributed by atoms with Gasteiger partial charge >= 0.3 is 6.03 Å². The molecule has 1 aliphatic rings. The monoisotopic (exact) mass is 397 g/mol. The molecule has 1 heterocycles. The summed E-state index contributed by atoms with van der Waals surface area (Å²) < 4.78 is 0. The average molecular weight is 399 g/mol. The van der Waals surface area contributed by atoms with Crippen LogP contribution in [0.4, 0.5) is 16.2 Å². The first kappa shape index (κ1) is 17.9. The van der Waals surface area contributed by atoms with Crippen LogP contribution in [0.15, 0.2) is 42.5 Å². The van der Waals surface area contributed by atoms with Crippen molar-refractivity contribution in [2.24, 2.45) is 0 Å². The van der Waals surface area contributed by atoms with Crippen LogP contribution < -0.4 is 15.5 Å². The number of benzene rings is 2. The summed E-state index contributed by atoms with van der Waals surface area (Å²) in [6.45, 7) is 0.398. The number of nitrogens with one attached hydrogen (secondary N) is 2. The van der Waals surface area contributed by atoms with E-state index in [2.05, 4.69) is 10.6 Å². The predicted octanol–water partition coefficient (Wildman–Crippen LogP) is 4.57. The first-order chi connectivity index (χ1) is 11.9. The minimum atomic E-state index is -0.408. The zero-order chi connectivity index (χ0) is 18.0. The number of rotatable bonds is 3. The maximum Gasteiger partial charge on any atom is 0.319 e. The third-order valence-electron chi connectivity index (χ3n) is 3.78. The van der Waals surface area contributed by atoms with E-state index in [1.807, 2.05) is 0 Å². The highest BCUT2D eigenvalue weighted by Crippen LogP contribution is 2.25. The van der Waals surface area contributed by atoms with E-state index in [4.69, 9.17) is 34.8 Å². The summed E-state index contributed by atoms with van der Waals surface area (Å²) in [5.41, 5.74) is 1.27. The predicted molar refractivity (Wildman–Crippen MR) is 101 cm³/mol. The lowest BCUT2D eigenvalue weighted by molar-refractivity contribution is -0.117. The van der Waals surface area contributed by atoms with Crippen molar-refractivity contribution in [2.45, 2.75) is 12.5 Å². The third-order valence-corrected chi connectivity index (χ3v) is 4.77. The Labute approximate surface area is 159 Å². The Hall–Kier alpha value is -1.95. The molecule has 3 amide bonds. The van der Waals surface area contributed by atoms with Crippen molar-refractivity contribution in [3.63, 3.8) is 0 Å². The summed E-state index contributed by atoms with van der Waals surface area (Å²) >= 11 is 17.6. The van der Waals surface area contributed by atoms with Gasteiger partial charge in [-0.05, 0) is 42.5 Å². The Bertz CT molecular complexity index is 811. The Kier molecular flexibility index (Phi) is 5.37. The van der Waals surface area contributed by atoms with Gasteiger partial charge in [0.1, 0.15) is 0 Å². The fraction of sp³-hybridized carbons (Fsp3) is 0.176. The van der Waals surface area contributed by atoms with Crippen LogP contribution in [-0.2, 0) is 4.79 Å². The summed E-state index contributed by atoms with van der Waals surface area (Å²) in [6, 6.07) is 11.1. The molecule has 1 fully saturated rings. The molecule has 0 radical (unpaired) electrons. The molecule has 1 aliphatic heterocycles. The highest BCUT2D eigenvalue weighted by atomic mass is 35.5. The summed E-state index contributed by atoms with van der Waals surface area (Å²) in [5.74, 6) is -0.0536. The molecular formula is C17H14Cl3N3O2. The molecule has 25 heavy (non-hydrogen) atoms. The summed E-state index contributed by atoms with van der Waals surface area (Å²) in [7, 11) is 0. The van der Waals surface area contributed by atoms with Crippen molar-refractivity contribution < 1.29 is 9.59 Å². The Morgan fingerprint density at radius 1 is 1.04 bits per heavy atom. The van der Waals surface area contributed by atoms with Crippen LogP contribution >= 0.6 is 34.8 Å². The van der Waals surface area contributed by atoms with Gasteiger partial charge in [-0.1, -0.05) is 34.8 Å². The molecule has 2 N–H and O–H groups in total. The van der Waals surface area contributed by atoms with Gasteiger partial charge in [-0.2, -0.15) is 0 Å². The van der Waals surface area contributed by atoms with E-state index in [0.29, 0.717) is 27.3 Å². The van der Waals surface area contributed by atoms with Gasteiger partial charge in [0.05, 0.1) is 16.1 Å². The molecule has 1 atom stereocenters. The molecule has 2 aromatic rings. The van der Waals surface area contributed by atoms with Crippen LogP contribution in [0.5, 0.6) is 0 Å². The average Bonchev–Trinajstić information content (AvgIpc) is 2.92.